The highest BCUT2D eigenvalue weighted by Crippen LogP contribution is 2.39. The Balaban J connectivity index is 1.99. The molecule has 1 atom stereocenters. The number of ether oxygens (including phenoxy) is 1. The molecule has 6 heteroatoms. The van der Waals surface area contributed by atoms with E-state index in [4.69, 9.17) is 19.2 Å². The fourth-order valence-corrected chi connectivity index (χ4v) is 4.40. The number of imidazole rings is 1. The summed E-state index contributed by atoms with van der Waals surface area (Å²) in [6, 6.07) is 4.13. The van der Waals surface area contributed by atoms with Gasteiger partial charge in [-0.05, 0) is 38.8 Å². The van der Waals surface area contributed by atoms with E-state index in [1.807, 2.05) is 20.0 Å². The molecule has 0 fully saturated rings. The SMILES string of the molecule is CCCC(CC)c1nc2cnc3cc(-c4c(C)noc4C)c(OC)cc3c2n1C. The molecular formula is C23H28N4O2. The Morgan fingerprint density at radius 1 is 1.17 bits per heavy atom. The summed E-state index contributed by atoms with van der Waals surface area (Å²) in [5, 5.41) is 5.14. The van der Waals surface area contributed by atoms with Gasteiger partial charge in [0.2, 0.25) is 0 Å². The largest absolute Gasteiger partial charge is 0.496 e. The summed E-state index contributed by atoms with van der Waals surface area (Å²) in [6.07, 6.45) is 5.24. The normalized spacial score (nSPS) is 12.8. The highest BCUT2D eigenvalue weighted by molar-refractivity contribution is 6.05. The van der Waals surface area contributed by atoms with Crippen molar-refractivity contribution in [3.05, 3.63) is 35.6 Å². The highest BCUT2D eigenvalue weighted by Gasteiger charge is 2.21. The summed E-state index contributed by atoms with van der Waals surface area (Å²) < 4.78 is 13.4. The van der Waals surface area contributed by atoms with Gasteiger partial charge in [-0.25, -0.2) is 4.98 Å². The van der Waals surface area contributed by atoms with E-state index in [0.717, 1.165) is 75.4 Å². The van der Waals surface area contributed by atoms with E-state index < -0.39 is 0 Å². The summed E-state index contributed by atoms with van der Waals surface area (Å²) in [6.45, 7) is 8.32. The lowest BCUT2D eigenvalue weighted by molar-refractivity contribution is 0.393. The van der Waals surface area contributed by atoms with Gasteiger partial charge in [-0.2, -0.15) is 0 Å². The van der Waals surface area contributed by atoms with Gasteiger partial charge < -0.3 is 13.8 Å². The zero-order valence-corrected chi connectivity index (χ0v) is 18.0. The van der Waals surface area contributed by atoms with E-state index in [1.165, 1.54) is 0 Å². The molecule has 3 aromatic heterocycles. The second kappa shape index (κ2) is 7.50. The Morgan fingerprint density at radius 3 is 2.59 bits per heavy atom. The molecule has 0 aliphatic heterocycles. The van der Waals surface area contributed by atoms with Crippen molar-refractivity contribution in [2.45, 2.75) is 52.9 Å². The third-order valence-corrected chi connectivity index (χ3v) is 5.85. The number of hydrogen-bond donors (Lipinski definition) is 0. The quantitative estimate of drug-likeness (QED) is 0.421. The average Bonchev–Trinajstić information content (AvgIpc) is 3.24. The number of rotatable bonds is 6. The van der Waals surface area contributed by atoms with Crippen LogP contribution in [-0.4, -0.2) is 26.8 Å². The van der Waals surface area contributed by atoms with E-state index in [1.54, 1.807) is 7.11 Å². The number of methoxy groups -OCH3 is 1. The minimum absolute atomic E-state index is 0.455. The van der Waals surface area contributed by atoms with Gasteiger partial charge in [-0.3, -0.25) is 4.98 Å². The predicted molar refractivity (Wildman–Crippen MR) is 115 cm³/mol. The number of aryl methyl sites for hydroxylation is 3. The van der Waals surface area contributed by atoms with Crippen LogP contribution in [0.15, 0.2) is 22.9 Å². The number of benzene rings is 1. The summed E-state index contributed by atoms with van der Waals surface area (Å²) in [5.74, 6) is 3.14. The van der Waals surface area contributed by atoms with E-state index in [0.29, 0.717) is 5.92 Å². The van der Waals surface area contributed by atoms with E-state index in [-0.39, 0.29) is 0 Å². The molecule has 4 aromatic rings. The molecule has 0 radical (unpaired) electrons. The molecule has 6 nitrogen and oxygen atoms in total. The summed E-state index contributed by atoms with van der Waals surface area (Å²) in [5.41, 5.74) is 5.69. The first-order valence-electron chi connectivity index (χ1n) is 10.3. The minimum Gasteiger partial charge on any atom is -0.496 e. The molecule has 3 heterocycles. The maximum Gasteiger partial charge on any atom is 0.141 e. The van der Waals surface area contributed by atoms with E-state index in [2.05, 4.69) is 42.8 Å². The third kappa shape index (κ3) is 3.07. The van der Waals surface area contributed by atoms with Gasteiger partial charge in [-0.1, -0.05) is 25.4 Å². The first-order chi connectivity index (χ1) is 14.0. The Hall–Kier alpha value is -2.89. The first kappa shape index (κ1) is 19.4. The Labute approximate surface area is 170 Å². The molecule has 0 aliphatic rings. The Kier molecular flexibility index (Phi) is 5.03. The minimum atomic E-state index is 0.455. The van der Waals surface area contributed by atoms with Gasteiger partial charge in [0.05, 0.1) is 35.6 Å². The summed E-state index contributed by atoms with van der Waals surface area (Å²) >= 11 is 0. The maximum atomic E-state index is 5.76. The molecule has 0 spiro atoms. The van der Waals surface area contributed by atoms with Gasteiger partial charge in [0.15, 0.2) is 0 Å². The van der Waals surface area contributed by atoms with Gasteiger partial charge in [-0.15, -0.1) is 0 Å². The highest BCUT2D eigenvalue weighted by atomic mass is 16.5. The lowest BCUT2D eigenvalue weighted by Gasteiger charge is -2.14. The van der Waals surface area contributed by atoms with Crippen molar-refractivity contribution in [2.75, 3.05) is 7.11 Å². The molecule has 0 amide bonds. The molecule has 0 saturated heterocycles. The van der Waals surface area contributed by atoms with Crippen molar-refractivity contribution in [3.8, 4) is 16.9 Å². The third-order valence-electron chi connectivity index (χ3n) is 5.85. The van der Waals surface area contributed by atoms with Crippen LogP contribution < -0.4 is 4.74 Å². The first-order valence-corrected chi connectivity index (χ1v) is 10.3. The second-order valence-electron chi connectivity index (χ2n) is 7.68. The van der Waals surface area contributed by atoms with Crippen molar-refractivity contribution in [1.29, 1.82) is 0 Å². The van der Waals surface area contributed by atoms with Crippen LogP contribution in [0.2, 0.25) is 0 Å². The molecular weight excluding hydrogens is 364 g/mol. The summed E-state index contributed by atoms with van der Waals surface area (Å²) in [7, 11) is 3.80. The van der Waals surface area contributed by atoms with E-state index in [9.17, 15) is 0 Å². The molecule has 0 saturated carbocycles. The van der Waals surface area contributed by atoms with E-state index >= 15 is 0 Å². The number of pyridine rings is 1. The molecule has 4 rings (SSSR count). The number of aromatic nitrogens is 4. The van der Waals surface area contributed by atoms with Gasteiger partial charge >= 0.3 is 0 Å². The van der Waals surface area contributed by atoms with Crippen LogP contribution >= 0.6 is 0 Å². The van der Waals surface area contributed by atoms with Crippen LogP contribution in [0.25, 0.3) is 33.1 Å². The van der Waals surface area contributed by atoms with Crippen LogP contribution in [0.1, 0.15) is 56.3 Å². The van der Waals surface area contributed by atoms with Crippen LogP contribution in [0, 0.1) is 13.8 Å². The molecule has 29 heavy (non-hydrogen) atoms. The number of hydrogen-bond acceptors (Lipinski definition) is 5. The smallest absolute Gasteiger partial charge is 0.141 e. The topological polar surface area (TPSA) is 66.0 Å². The standard InChI is InChI=1S/C23H28N4O2/c1-7-9-15(8-2)23-25-19-12-24-18-10-17(21-13(3)26-29-14(21)4)20(28-6)11-16(18)22(19)27(23)5/h10-12,15H,7-9H2,1-6H3. The van der Waals surface area contributed by atoms with Crippen molar-refractivity contribution in [2.24, 2.45) is 7.05 Å². The fourth-order valence-electron chi connectivity index (χ4n) is 4.40. The maximum absolute atomic E-state index is 5.76. The second-order valence-corrected chi connectivity index (χ2v) is 7.68. The molecule has 0 aliphatic carbocycles. The van der Waals surface area contributed by atoms with Gasteiger partial charge in [0, 0.05) is 23.9 Å². The van der Waals surface area contributed by atoms with Crippen molar-refractivity contribution < 1.29 is 9.26 Å². The lowest BCUT2D eigenvalue weighted by Crippen LogP contribution is -2.05. The molecule has 1 aromatic carbocycles. The monoisotopic (exact) mass is 392 g/mol. The molecule has 0 N–H and O–H groups in total. The van der Waals surface area contributed by atoms with Crippen molar-refractivity contribution >= 4 is 21.9 Å². The summed E-state index contributed by atoms with van der Waals surface area (Å²) in [4.78, 5) is 9.66. The zero-order valence-electron chi connectivity index (χ0n) is 18.0. The zero-order chi connectivity index (χ0) is 20.7. The van der Waals surface area contributed by atoms with Crippen LogP contribution in [-0.2, 0) is 7.05 Å². The molecule has 0 bridgehead atoms. The molecule has 1 unspecified atom stereocenters. The Bertz CT molecular complexity index is 1170. The van der Waals surface area contributed by atoms with Crippen molar-refractivity contribution in [1.82, 2.24) is 19.7 Å². The number of nitrogens with zero attached hydrogens (tertiary/aromatic N) is 4. The predicted octanol–water partition coefficient (Wildman–Crippen LogP) is 5.70. The fraction of sp³-hybridized carbons (Fsp3) is 0.435. The number of fused-ring (bicyclic) bond motifs is 3. The lowest BCUT2D eigenvalue weighted by atomic mass is 10.00. The van der Waals surface area contributed by atoms with Gasteiger partial charge in [0.25, 0.3) is 0 Å². The van der Waals surface area contributed by atoms with Crippen LogP contribution in [0.3, 0.4) is 0 Å². The molecule has 152 valence electrons. The Morgan fingerprint density at radius 2 is 1.97 bits per heavy atom. The van der Waals surface area contributed by atoms with Gasteiger partial charge in [0.1, 0.15) is 22.9 Å². The average molecular weight is 393 g/mol. The van der Waals surface area contributed by atoms with Crippen molar-refractivity contribution in [3.63, 3.8) is 0 Å². The van der Waals surface area contributed by atoms with Crippen LogP contribution in [0.4, 0.5) is 0 Å². The van der Waals surface area contributed by atoms with Crippen LogP contribution in [0.5, 0.6) is 5.75 Å².